The van der Waals surface area contributed by atoms with E-state index in [2.05, 4.69) is 27.6 Å². The molecule has 1 aromatic rings. The highest BCUT2D eigenvalue weighted by Gasteiger charge is 2.17. The average Bonchev–Trinajstić information content (AvgIpc) is 2.46. The number of hydrogen-bond donors (Lipinski definition) is 3. The largest absolute Gasteiger partial charge is 0.370 e. The van der Waals surface area contributed by atoms with Gasteiger partial charge in [-0.2, -0.15) is 0 Å². The molecule has 0 aromatic carbocycles. The number of likely N-dealkylation sites (tertiary alicyclic amines) is 1. The van der Waals surface area contributed by atoms with Crippen LogP contribution in [-0.2, 0) is 0 Å². The van der Waals surface area contributed by atoms with Crippen LogP contribution in [-0.4, -0.2) is 36.1 Å². The first-order valence-corrected chi connectivity index (χ1v) is 6.71. The van der Waals surface area contributed by atoms with Crippen molar-refractivity contribution in [2.45, 2.75) is 19.8 Å². The van der Waals surface area contributed by atoms with E-state index in [-0.39, 0.29) is 0 Å². The Morgan fingerprint density at radius 2 is 2.06 bits per heavy atom. The molecule has 0 saturated carbocycles. The molecule has 5 heteroatoms. The molecular formula is C13H23N5. The zero-order valence-corrected chi connectivity index (χ0v) is 11.0. The maximum atomic E-state index is 5.34. The normalized spacial score (nSPS) is 17.7. The molecular weight excluding hydrogens is 226 g/mol. The van der Waals surface area contributed by atoms with Crippen molar-refractivity contribution in [2.75, 3.05) is 36.9 Å². The smallest absolute Gasteiger partial charge is 0.142 e. The zero-order chi connectivity index (χ0) is 12.8. The number of rotatable bonds is 5. The quantitative estimate of drug-likeness (QED) is 0.545. The number of nitrogens with two attached hydrogens (primary N) is 1. The molecule has 0 radical (unpaired) electrons. The summed E-state index contributed by atoms with van der Waals surface area (Å²) in [5.41, 5.74) is 2.56. The van der Waals surface area contributed by atoms with Gasteiger partial charge in [0, 0.05) is 6.54 Å². The summed E-state index contributed by atoms with van der Waals surface area (Å²) in [6.07, 6.45) is 2.55. The van der Waals surface area contributed by atoms with Crippen molar-refractivity contribution in [1.29, 1.82) is 0 Å². The van der Waals surface area contributed by atoms with Gasteiger partial charge in [-0.15, -0.1) is 0 Å². The van der Waals surface area contributed by atoms with E-state index in [0.29, 0.717) is 5.82 Å². The molecule has 5 nitrogen and oxygen atoms in total. The standard InChI is InChI=1S/C13H23N5/c1-2-18-8-6-11(7-9-18)10-15-12-4-3-5-13(16-12)17-14/h3-5,11H,2,6-10,14H2,1H3,(H2,15,16,17). The number of hydrogen-bond acceptors (Lipinski definition) is 5. The number of anilines is 2. The third kappa shape index (κ3) is 3.58. The number of pyridine rings is 1. The number of aromatic nitrogens is 1. The van der Waals surface area contributed by atoms with E-state index in [0.717, 1.165) is 18.3 Å². The van der Waals surface area contributed by atoms with Crippen LogP contribution >= 0.6 is 0 Å². The van der Waals surface area contributed by atoms with E-state index >= 15 is 0 Å². The lowest BCUT2D eigenvalue weighted by Gasteiger charge is -2.31. The number of nitrogens with zero attached hydrogens (tertiary/aromatic N) is 2. The minimum Gasteiger partial charge on any atom is -0.370 e. The lowest BCUT2D eigenvalue weighted by atomic mass is 9.97. The molecule has 4 N–H and O–H groups in total. The van der Waals surface area contributed by atoms with Gasteiger partial charge in [-0.25, -0.2) is 10.8 Å². The summed E-state index contributed by atoms with van der Waals surface area (Å²) in [4.78, 5) is 6.86. The summed E-state index contributed by atoms with van der Waals surface area (Å²) in [5, 5.41) is 3.40. The second-order valence-electron chi connectivity index (χ2n) is 4.81. The summed E-state index contributed by atoms with van der Waals surface area (Å²) in [7, 11) is 0. The van der Waals surface area contributed by atoms with Gasteiger partial charge in [0.05, 0.1) is 0 Å². The van der Waals surface area contributed by atoms with Crippen LogP contribution in [0.1, 0.15) is 19.8 Å². The monoisotopic (exact) mass is 249 g/mol. The molecule has 0 bridgehead atoms. The Kier molecular flexibility index (Phi) is 4.78. The van der Waals surface area contributed by atoms with Crippen molar-refractivity contribution in [3.05, 3.63) is 18.2 Å². The van der Waals surface area contributed by atoms with Crippen molar-refractivity contribution in [2.24, 2.45) is 11.8 Å². The lowest BCUT2D eigenvalue weighted by molar-refractivity contribution is 0.198. The molecule has 1 aliphatic heterocycles. The third-order valence-electron chi connectivity index (χ3n) is 3.62. The van der Waals surface area contributed by atoms with Crippen LogP contribution in [0.5, 0.6) is 0 Å². The fraction of sp³-hybridized carbons (Fsp3) is 0.615. The van der Waals surface area contributed by atoms with Crippen molar-refractivity contribution in [3.8, 4) is 0 Å². The van der Waals surface area contributed by atoms with Gasteiger partial charge in [-0.3, -0.25) is 0 Å². The van der Waals surface area contributed by atoms with Gasteiger partial charge in [0.15, 0.2) is 0 Å². The van der Waals surface area contributed by atoms with E-state index in [1.165, 1.54) is 32.5 Å². The highest BCUT2D eigenvalue weighted by atomic mass is 15.3. The molecule has 2 rings (SSSR count). The van der Waals surface area contributed by atoms with Gasteiger partial charge >= 0.3 is 0 Å². The molecule has 1 saturated heterocycles. The van der Waals surface area contributed by atoms with Gasteiger partial charge in [0.2, 0.25) is 0 Å². The second-order valence-corrected chi connectivity index (χ2v) is 4.81. The number of piperidine rings is 1. The van der Waals surface area contributed by atoms with Gasteiger partial charge in [0.1, 0.15) is 11.6 Å². The fourth-order valence-electron chi connectivity index (χ4n) is 2.37. The molecule has 0 unspecified atom stereocenters. The Morgan fingerprint density at radius 3 is 2.72 bits per heavy atom. The topological polar surface area (TPSA) is 66.2 Å². The van der Waals surface area contributed by atoms with Crippen molar-refractivity contribution in [1.82, 2.24) is 9.88 Å². The Labute approximate surface area is 109 Å². The van der Waals surface area contributed by atoms with Crippen LogP contribution in [0, 0.1) is 5.92 Å². The van der Waals surface area contributed by atoms with Gasteiger partial charge in [-0.1, -0.05) is 13.0 Å². The van der Waals surface area contributed by atoms with Gasteiger partial charge in [0.25, 0.3) is 0 Å². The molecule has 1 aliphatic rings. The van der Waals surface area contributed by atoms with Crippen molar-refractivity contribution < 1.29 is 0 Å². The summed E-state index contributed by atoms with van der Waals surface area (Å²) in [5.74, 6) is 7.68. The van der Waals surface area contributed by atoms with Crippen LogP contribution in [0.25, 0.3) is 0 Å². The van der Waals surface area contributed by atoms with E-state index in [9.17, 15) is 0 Å². The minimum absolute atomic E-state index is 0.695. The highest BCUT2D eigenvalue weighted by molar-refractivity contribution is 5.44. The molecule has 100 valence electrons. The molecule has 0 amide bonds. The predicted molar refractivity (Wildman–Crippen MR) is 75.4 cm³/mol. The number of nitrogen functional groups attached to an aromatic ring is 1. The molecule has 2 heterocycles. The predicted octanol–water partition coefficient (Wildman–Crippen LogP) is 1.51. The van der Waals surface area contributed by atoms with Gasteiger partial charge < -0.3 is 15.6 Å². The summed E-state index contributed by atoms with van der Waals surface area (Å²) in [6, 6.07) is 5.77. The zero-order valence-electron chi connectivity index (χ0n) is 11.0. The van der Waals surface area contributed by atoms with Crippen LogP contribution in [0.2, 0.25) is 0 Å². The van der Waals surface area contributed by atoms with E-state index in [1.54, 1.807) is 0 Å². The van der Waals surface area contributed by atoms with Gasteiger partial charge in [-0.05, 0) is 50.5 Å². The average molecular weight is 249 g/mol. The number of nitrogens with one attached hydrogen (secondary N) is 2. The Bertz CT molecular complexity index is 360. The van der Waals surface area contributed by atoms with E-state index in [4.69, 9.17) is 5.84 Å². The Hall–Kier alpha value is -1.33. The fourth-order valence-corrected chi connectivity index (χ4v) is 2.37. The third-order valence-corrected chi connectivity index (χ3v) is 3.62. The molecule has 0 aliphatic carbocycles. The molecule has 0 atom stereocenters. The molecule has 0 spiro atoms. The van der Waals surface area contributed by atoms with Crippen LogP contribution < -0.4 is 16.6 Å². The van der Waals surface area contributed by atoms with Crippen LogP contribution in [0.3, 0.4) is 0 Å². The Morgan fingerprint density at radius 1 is 1.33 bits per heavy atom. The summed E-state index contributed by atoms with van der Waals surface area (Å²) < 4.78 is 0. The number of hydrazine groups is 1. The summed E-state index contributed by atoms with van der Waals surface area (Å²) in [6.45, 7) is 6.85. The maximum Gasteiger partial charge on any atom is 0.142 e. The van der Waals surface area contributed by atoms with Crippen LogP contribution in [0.15, 0.2) is 18.2 Å². The van der Waals surface area contributed by atoms with E-state index < -0.39 is 0 Å². The SMILES string of the molecule is CCN1CCC(CNc2cccc(NN)n2)CC1. The maximum absolute atomic E-state index is 5.34. The molecule has 1 fully saturated rings. The van der Waals surface area contributed by atoms with Crippen molar-refractivity contribution in [3.63, 3.8) is 0 Å². The van der Waals surface area contributed by atoms with Crippen LogP contribution in [0.4, 0.5) is 11.6 Å². The van der Waals surface area contributed by atoms with E-state index in [1.807, 2.05) is 18.2 Å². The highest BCUT2D eigenvalue weighted by Crippen LogP contribution is 2.17. The second kappa shape index (κ2) is 6.56. The molecule has 1 aromatic heterocycles. The lowest BCUT2D eigenvalue weighted by Crippen LogP contribution is -2.35. The Balaban J connectivity index is 1.77. The first-order chi connectivity index (χ1) is 8.81. The minimum atomic E-state index is 0.695. The van der Waals surface area contributed by atoms with Crippen molar-refractivity contribution >= 4 is 11.6 Å². The first kappa shape index (κ1) is 13.1. The summed E-state index contributed by atoms with van der Waals surface area (Å²) >= 11 is 0. The molecule has 18 heavy (non-hydrogen) atoms. The first-order valence-electron chi connectivity index (χ1n) is 6.71.